The molecule has 0 saturated carbocycles. The molecule has 2 aromatic rings. The highest BCUT2D eigenvalue weighted by Crippen LogP contribution is 2.22. The molecule has 0 aromatic carbocycles. The number of aromatic nitrogens is 5. The second-order valence-electron chi connectivity index (χ2n) is 7.57. The van der Waals surface area contributed by atoms with E-state index in [0.717, 1.165) is 15.4 Å². The molecule has 208 valence electrons. The molecule has 0 aliphatic carbocycles. The van der Waals surface area contributed by atoms with Gasteiger partial charge in [-0.15, -0.1) is 5.10 Å². The van der Waals surface area contributed by atoms with Crippen LogP contribution in [0.4, 0.5) is 0 Å². The lowest BCUT2D eigenvalue weighted by Gasteiger charge is -2.18. The van der Waals surface area contributed by atoms with Crippen molar-refractivity contribution in [1.82, 2.24) is 35.0 Å². The summed E-state index contributed by atoms with van der Waals surface area (Å²) in [5.41, 5.74) is 4.67. The van der Waals surface area contributed by atoms with Crippen molar-refractivity contribution < 1.29 is 38.9 Å². The summed E-state index contributed by atoms with van der Waals surface area (Å²) >= 11 is 0. The van der Waals surface area contributed by atoms with Gasteiger partial charge in [0.05, 0.1) is 0 Å². The normalized spacial score (nSPS) is 12.5. The molecule has 38 heavy (non-hydrogen) atoms. The molecule has 0 aliphatic rings. The number of fused-ring (bicyclic) bond motifs is 1. The number of carboxylic acids is 2. The lowest BCUT2D eigenvalue weighted by atomic mass is 10.1. The minimum absolute atomic E-state index is 0.0108. The van der Waals surface area contributed by atoms with E-state index in [0.29, 0.717) is 11.5 Å². The van der Waals surface area contributed by atoms with Gasteiger partial charge in [-0.2, -0.15) is 4.68 Å². The summed E-state index contributed by atoms with van der Waals surface area (Å²) in [6.45, 7) is -0.620. The average Bonchev–Trinajstić information content (AvgIpc) is 3.31. The van der Waals surface area contributed by atoms with Crippen LogP contribution in [-0.2, 0) is 31.0 Å². The summed E-state index contributed by atoms with van der Waals surface area (Å²) in [6.07, 6.45) is 0.936. The second-order valence-corrected chi connectivity index (χ2v) is 10.3. The van der Waals surface area contributed by atoms with Crippen LogP contribution in [0.25, 0.3) is 5.65 Å². The lowest BCUT2D eigenvalue weighted by Crippen LogP contribution is -2.48. The van der Waals surface area contributed by atoms with E-state index in [1.807, 2.05) is 0 Å². The van der Waals surface area contributed by atoms with Crippen LogP contribution < -0.4 is 22.1 Å². The predicted octanol–water partition coefficient (Wildman–Crippen LogP) is -2.37. The number of amides is 2. The molecule has 0 spiro atoms. The SMILES string of the molecule is Cn1nnc2c(C(=O)OCCSSCC[C@H](NC(=O)CC[C@H](N)C(=O)O)C(=O)NCC(=O)O)ncn2c1=O. The first kappa shape index (κ1) is 30.5. The van der Waals surface area contributed by atoms with Gasteiger partial charge in [0.1, 0.15) is 31.6 Å². The number of hydrogen-bond acceptors (Lipinski definition) is 13. The van der Waals surface area contributed by atoms with Crippen LogP contribution in [0.15, 0.2) is 11.1 Å². The highest BCUT2D eigenvalue weighted by atomic mass is 33.1. The van der Waals surface area contributed by atoms with Crippen molar-refractivity contribution in [2.75, 3.05) is 24.7 Å². The maximum absolute atomic E-state index is 12.3. The van der Waals surface area contributed by atoms with Crippen LogP contribution in [0.5, 0.6) is 0 Å². The minimum atomic E-state index is -1.26. The Labute approximate surface area is 222 Å². The van der Waals surface area contributed by atoms with Gasteiger partial charge >= 0.3 is 23.6 Å². The first-order chi connectivity index (χ1) is 18.0. The average molecular weight is 575 g/mol. The van der Waals surface area contributed by atoms with Crippen molar-refractivity contribution in [2.45, 2.75) is 31.3 Å². The van der Waals surface area contributed by atoms with Crippen LogP contribution in [0.1, 0.15) is 29.8 Å². The van der Waals surface area contributed by atoms with Gasteiger partial charge in [0, 0.05) is 25.0 Å². The van der Waals surface area contributed by atoms with E-state index >= 15 is 0 Å². The van der Waals surface area contributed by atoms with Crippen LogP contribution >= 0.6 is 21.6 Å². The Morgan fingerprint density at radius 1 is 1.16 bits per heavy atom. The third-order valence-corrected chi connectivity index (χ3v) is 7.13. The number of nitrogens with one attached hydrogen (secondary N) is 2. The molecule has 17 nitrogen and oxygen atoms in total. The van der Waals surface area contributed by atoms with Crippen LogP contribution in [0, 0.1) is 0 Å². The lowest BCUT2D eigenvalue weighted by molar-refractivity contribution is -0.139. The number of nitrogens with zero attached hydrogens (tertiary/aromatic N) is 5. The van der Waals surface area contributed by atoms with E-state index < -0.39 is 54.0 Å². The van der Waals surface area contributed by atoms with E-state index in [2.05, 4.69) is 25.9 Å². The molecule has 19 heteroatoms. The largest absolute Gasteiger partial charge is 0.480 e. The molecule has 6 N–H and O–H groups in total. The van der Waals surface area contributed by atoms with Gasteiger partial charge in [-0.25, -0.2) is 19.0 Å². The van der Waals surface area contributed by atoms with E-state index in [1.54, 1.807) is 0 Å². The van der Waals surface area contributed by atoms with Crippen molar-refractivity contribution in [1.29, 1.82) is 0 Å². The fraction of sp³-hybridized carbons (Fsp3) is 0.526. The van der Waals surface area contributed by atoms with Crippen LogP contribution in [0.3, 0.4) is 0 Å². The predicted molar refractivity (Wildman–Crippen MR) is 133 cm³/mol. The minimum Gasteiger partial charge on any atom is -0.480 e. The number of carbonyl (C=O) groups excluding carboxylic acids is 3. The molecule has 0 aliphatic heterocycles. The zero-order valence-electron chi connectivity index (χ0n) is 20.1. The molecule has 0 saturated heterocycles. The Morgan fingerprint density at radius 2 is 1.87 bits per heavy atom. The van der Waals surface area contributed by atoms with Gasteiger partial charge in [0.2, 0.25) is 11.8 Å². The molecule has 0 radical (unpaired) electrons. The van der Waals surface area contributed by atoms with Crippen molar-refractivity contribution in [3.05, 3.63) is 22.5 Å². The maximum Gasteiger partial charge on any atom is 0.361 e. The van der Waals surface area contributed by atoms with Crippen LogP contribution in [0.2, 0.25) is 0 Å². The molecule has 2 aromatic heterocycles. The molecular weight excluding hydrogens is 548 g/mol. The van der Waals surface area contributed by atoms with Crippen molar-refractivity contribution in [3.63, 3.8) is 0 Å². The Bertz CT molecular complexity index is 1230. The van der Waals surface area contributed by atoms with Gasteiger partial charge in [-0.3, -0.25) is 19.2 Å². The number of rotatable bonds is 16. The zero-order chi connectivity index (χ0) is 28.2. The summed E-state index contributed by atoms with van der Waals surface area (Å²) in [7, 11) is 4.04. The van der Waals surface area contributed by atoms with Crippen molar-refractivity contribution in [3.8, 4) is 0 Å². The number of imidazole rings is 1. The molecule has 0 bridgehead atoms. The second kappa shape index (κ2) is 14.9. The number of esters is 1. The Morgan fingerprint density at radius 3 is 2.55 bits per heavy atom. The zero-order valence-corrected chi connectivity index (χ0v) is 21.7. The number of aliphatic carboxylic acids is 2. The molecule has 0 fully saturated rings. The Balaban J connectivity index is 1.76. The van der Waals surface area contributed by atoms with Crippen molar-refractivity contribution >= 4 is 57.0 Å². The quantitative estimate of drug-likeness (QED) is 0.0798. The topological polar surface area (TPSA) is 250 Å². The van der Waals surface area contributed by atoms with Gasteiger partial charge in [-0.05, 0) is 12.8 Å². The van der Waals surface area contributed by atoms with Gasteiger partial charge in [-0.1, -0.05) is 26.8 Å². The van der Waals surface area contributed by atoms with E-state index in [-0.39, 0.29) is 37.2 Å². The monoisotopic (exact) mass is 574 g/mol. The number of aryl methyl sites for hydroxylation is 1. The molecule has 2 atom stereocenters. The summed E-state index contributed by atoms with van der Waals surface area (Å²) in [4.78, 5) is 74.0. The number of hydrogen-bond donors (Lipinski definition) is 5. The van der Waals surface area contributed by atoms with Crippen LogP contribution in [-0.4, -0.2) is 101 Å². The highest BCUT2D eigenvalue weighted by molar-refractivity contribution is 8.76. The summed E-state index contributed by atoms with van der Waals surface area (Å²) in [6, 6.07) is -2.27. The fourth-order valence-corrected chi connectivity index (χ4v) is 4.70. The number of carbonyl (C=O) groups is 5. The third kappa shape index (κ3) is 9.30. The molecular formula is C19H26N8O9S2. The number of ether oxygens (including phenoxy) is 1. The molecule has 0 unspecified atom stereocenters. The first-order valence-electron chi connectivity index (χ1n) is 11.0. The fourth-order valence-electron chi connectivity index (χ4n) is 2.78. The van der Waals surface area contributed by atoms with E-state index in [4.69, 9.17) is 20.7 Å². The number of nitrogens with two attached hydrogens (primary N) is 1. The molecule has 2 rings (SSSR count). The third-order valence-electron chi connectivity index (χ3n) is 4.73. The maximum atomic E-state index is 12.3. The smallest absolute Gasteiger partial charge is 0.361 e. The standard InChI is InChI=1S/C19H26N8O9S2/c1-26-19(35)27-9-22-14(15(27)24-25-26)18(34)36-5-7-38-37-6-4-11(16(31)21-8-13(29)30)23-12(28)3-2-10(20)17(32)33/h9-11H,2-8,20H2,1H3,(H,21,31)(H,23,28)(H,29,30)(H,32,33)/t10-,11-/m0/s1. The summed E-state index contributed by atoms with van der Waals surface area (Å²) in [5, 5.41) is 29.6. The van der Waals surface area contributed by atoms with Crippen molar-refractivity contribution in [2.24, 2.45) is 12.8 Å². The summed E-state index contributed by atoms with van der Waals surface area (Å²) < 4.78 is 7.20. The van der Waals surface area contributed by atoms with Gasteiger partial charge in [0.15, 0.2) is 11.3 Å². The Kier molecular flexibility index (Phi) is 12.0. The van der Waals surface area contributed by atoms with Gasteiger partial charge < -0.3 is 31.3 Å². The Hall–Kier alpha value is -3.71. The van der Waals surface area contributed by atoms with E-state index in [9.17, 15) is 28.8 Å². The molecule has 2 heterocycles. The molecule has 2 amide bonds. The highest BCUT2D eigenvalue weighted by Gasteiger charge is 2.22. The van der Waals surface area contributed by atoms with E-state index in [1.165, 1.54) is 28.6 Å². The number of carboxylic acid groups (broad SMARTS) is 2. The van der Waals surface area contributed by atoms with Gasteiger partial charge in [0.25, 0.3) is 0 Å². The summed E-state index contributed by atoms with van der Waals surface area (Å²) in [5.74, 6) is -3.86. The first-order valence-corrected chi connectivity index (χ1v) is 13.5.